The van der Waals surface area contributed by atoms with Gasteiger partial charge in [0.25, 0.3) is 0 Å². The number of nitrogens with zero attached hydrogens (tertiary/aromatic N) is 1. The zero-order chi connectivity index (χ0) is 17.1. The Hall–Kier alpha value is -3.21. The zero-order valence-electron chi connectivity index (χ0n) is 13.3. The summed E-state index contributed by atoms with van der Waals surface area (Å²) in [6.45, 7) is 3.40. The number of benzene rings is 2. The van der Waals surface area contributed by atoms with Crippen LogP contribution in [-0.2, 0) is 4.84 Å². The van der Waals surface area contributed by atoms with Crippen LogP contribution in [0.2, 0.25) is 0 Å². The van der Waals surface area contributed by atoms with Crippen molar-refractivity contribution in [1.82, 2.24) is 0 Å². The highest BCUT2D eigenvalue weighted by atomic mass is 16.7. The Labute approximate surface area is 138 Å². The van der Waals surface area contributed by atoms with Gasteiger partial charge >= 0.3 is 11.6 Å². The topological polar surface area (TPSA) is 68.9 Å². The molecule has 5 heteroatoms. The number of carbonyl (C=O) groups excluding carboxylic acids is 1. The van der Waals surface area contributed by atoms with E-state index in [1.807, 2.05) is 31.2 Å². The second kappa shape index (κ2) is 6.50. The van der Waals surface area contributed by atoms with Crippen molar-refractivity contribution in [3.8, 4) is 0 Å². The van der Waals surface area contributed by atoms with Gasteiger partial charge in [0.05, 0.1) is 16.8 Å². The van der Waals surface area contributed by atoms with E-state index in [-0.39, 0.29) is 11.3 Å². The molecular formula is C19H15NO4. The van der Waals surface area contributed by atoms with Gasteiger partial charge in [-0.3, -0.25) is 0 Å². The molecule has 24 heavy (non-hydrogen) atoms. The molecule has 0 saturated heterocycles. The van der Waals surface area contributed by atoms with Gasteiger partial charge in [-0.05, 0) is 37.6 Å². The summed E-state index contributed by atoms with van der Waals surface area (Å²) in [6, 6.07) is 15.9. The predicted molar refractivity (Wildman–Crippen MR) is 91.3 cm³/mol. The Kier molecular flexibility index (Phi) is 4.24. The van der Waals surface area contributed by atoms with E-state index in [1.54, 1.807) is 37.3 Å². The fraction of sp³-hybridized carbons (Fsp3) is 0.105. The fourth-order valence-corrected chi connectivity index (χ4v) is 2.32. The summed E-state index contributed by atoms with van der Waals surface area (Å²) < 4.78 is 5.25. The van der Waals surface area contributed by atoms with Crippen molar-refractivity contribution >= 4 is 22.7 Å². The minimum absolute atomic E-state index is 0.256. The highest BCUT2D eigenvalue weighted by molar-refractivity contribution is 6.01. The lowest BCUT2D eigenvalue weighted by Gasteiger charge is -2.04. The summed E-state index contributed by atoms with van der Waals surface area (Å²) in [5, 5.41) is 4.56. The third kappa shape index (κ3) is 3.10. The Morgan fingerprint density at radius 3 is 2.54 bits per heavy atom. The summed E-state index contributed by atoms with van der Waals surface area (Å²) in [5.74, 6) is -0.572. The first kappa shape index (κ1) is 15.7. The van der Waals surface area contributed by atoms with Crippen LogP contribution >= 0.6 is 0 Å². The Morgan fingerprint density at radius 2 is 1.75 bits per heavy atom. The van der Waals surface area contributed by atoms with E-state index in [2.05, 4.69) is 5.16 Å². The van der Waals surface area contributed by atoms with E-state index >= 15 is 0 Å². The molecule has 1 aromatic heterocycles. The maximum Gasteiger partial charge on any atom is 0.366 e. The van der Waals surface area contributed by atoms with Gasteiger partial charge < -0.3 is 9.25 Å². The SMILES string of the molecule is CC(=NOC(=O)c1ccccc1C)c1cc2ccccc2oc1=O. The number of hydrogen-bond acceptors (Lipinski definition) is 5. The minimum Gasteiger partial charge on any atom is -0.422 e. The Morgan fingerprint density at radius 1 is 1.04 bits per heavy atom. The van der Waals surface area contributed by atoms with E-state index in [0.717, 1.165) is 10.9 Å². The molecule has 0 aliphatic rings. The van der Waals surface area contributed by atoms with Crippen molar-refractivity contribution in [3.05, 3.63) is 81.7 Å². The first-order chi connectivity index (χ1) is 11.6. The molecule has 0 bridgehead atoms. The smallest absolute Gasteiger partial charge is 0.366 e. The van der Waals surface area contributed by atoms with Crippen molar-refractivity contribution in [1.29, 1.82) is 0 Å². The molecule has 3 rings (SSSR count). The van der Waals surface area contributed by atoms with Crippen LogP contribution in [0, 0.1) is 6.92 Å². The number of aryl methyl sites for hydroxylation is 1. The van der Waals surface area contributed by atoms with Crippen LogP contribution in [0.3, 0.4) is 0 Å². The molecule has 120 valence electrons. The average Bonchev–Trinajstić information content (AvgIpc) is 2.59. The largest absolute Gasteiger partial charge is 0.422 e. The van der Waals surface area contributed by atoms with Gasteiger partial charge in [0.1, 0.15) is 5.58 Å². The first-order valence-corrected chi connectivity index (χ1v) is 7.41. The molecule has 0 N–H and O–H groups in total. The number of oxime groups is 1. The molecule has 5 nitrogen and oxygen atoms in total. The number of carbonyl (C=O) groups is 1. The minimum atomic E-state index is -0.572. The highest BCUT2D eigenvalue weighted by Gasteiger charge is 2.12. The second-order valence-corrected chi connectivity index (χ2v) is 5.36. The van der Waals surface area contributed by atoms with E-state index in [9.17, 15) is 9.59 Å². The van der Waals surface area contributed by atoms with Gasteiger partial charge in [0, 0.05) is 5.39 Å². The van der Waals surface area contributed by atoms with E-state index in [0.29, 0.717) is 11.1 Å². The monoisotopic (exact) mass is 321 g/mol. The third-order valence-electron chi connectivity index (χ3n) is 3.66. The molecule has 3 aromatic rings. The molecule has 0 spiro atoms. The van der Waals surface area contributed by atoms with Gasteiger partial charge in [0.2, 0.25) is 0 Å². The van der Waals surface area contributed by atoms with Crippen molar-refractivity contribution in [2.24, 2.45) is 5.16 Å². The van der Waals surface area contributed by atoms with Gasteiger partial charge in [-0.1, -0.05) is 41.6 Å². The van der Waals surface area contributed by atoms with Gasteiger partial charge in [-0.2, -0.15) is 0 Å². The molecule has 0 fully saturated rings. The van der Waals surface area contributed by atoms with E-state index in [1.165, 1.54) is 0 Å². The molecule has 1 heterocycles. The standard InChI is InChI=1S/C19H15NO4/c1-12-7-3-5-9-15(12)19(22)24-20-13(2)16-11-14-8-4-6-10-17(14)23-18(16)21/h3-11H,1-2H3. The van der Waals surface area contributed by atoms with Gasteiger partial charge in [-0.15, -0.1) is 0 Å². The van der Waals surface area contributed by atoms with Crippen LogP contribution < -0.4 is 5.63 Å². The van der Waals surface area contributed by atoms with Crippen molar-refractivity contribution in [3.63, 3.8) is 0 Å². The van der Waals surface area contributed by atoms with Crippen LogP contribution in [0.15, 0.2) is 69.0 Å². The molecule has 0 aliphatic heterocycles. The first-order valence-electron chi connectivity index (χ1n) is 7.41. The maximum absolute atomic E-state index is 12.1. The average molecular weight is 321 g/mol. The van der Waals surface area contributed by atoms with Crippen molar-refractivity contribution < 1.29 is 14.0 Å². The normalized spacial score (nSPS) is 11.5. The maximum atomic E-state index is 12.1. The number of hydrogen-bond donors (Lipinski definition) is 0. The molecule has 0 amide bonds. The molecular weight excluding hydrogens is 306 g/mol. The van der Waals surface area contributed by atoms with Gasteiger partial charge in [0.15, 0.2) is 0 Å². The molecule has 2 aromatic carbocycles. The van der Waals surface area contributed by atoms with Gasteiger partial charge in [-0.25, -0.2) is 9.59 Å². The molecule has 0 unspecified atom stereocenters. The van der Waals surface area contributed by atoms with Crippen LogP contribution in [0.4, 0.5) is 0 Å². The summed E-state index contributed by atoms with van der Waals surface area (Å²) >= 11 is 0. The fourth-order valence-electron chi connectivity index (χ4n) is 2.32. The predicted octanol–water partition coefficient (Wildman–Crippen LogP) is 3.68. The molecule has 0 saturated carbocycles. The van der Waals surface area contributed by atoms with Crippen LogP contribution in [0.25, 0.3) is 11.0 Å². The molecule has 0 aliphatic carbocycles. The number of para-hydroxylation sites is 1. The Bertz CT molecular complexity index is 1000. The zero-order valence-corrected chi connectivity index (χ0v) is 13.3. The lowest BCUT2D eigenvalue weighted by atomic mass is 10.1. The third-order valence-corrected chi connectivity index (χ3v) is 3.66. The van der Waals surface area contributed by atoms with Crippen molar-refractivity contribution in [2.45, 2.75) is 13.8 Å². The second-order valence-electron chi connectivity index (χ2n) is 5.36. The summed E-state index contributed by atoms with van der Waals surface area (Å²) in [7, 11) is 0. The lowest BCUT2D eigenvalue weighted by molar-refractivity contribution is 0.0515. The summed E-state index contributed by atoms with van der Waals surface area (Å²) in [5.41, 5.74) is 1.72. The van der Waals surface area contributed by atoms with Crippen LogP contribution in [-0.4, -0.2) is 11.7 Å². The number of fused-ring (bicyclic) bond motifs is 1. The summed E-state index contributed by atoms with van der Waals surface area (Å²) in [4.78, 5) is 29.1. The van der Waals surface area contributed by atoms with Crippen molar-refractivity contribution in [2.75, 3.05) is 0 Å². The van der Waals surface area contributed by atoms with Crippen LogP contribution in [0.5, 0.6) is 0 Å². The highest BCUT2D eigenvalue weighted by Crippen LogP contribution is 2.14. The molecule has 0 atom stereocenters. The summed E-state index contributed by atoms with van der Waals surface area (Å²) in [6.07, 6.45) is 0. The van der Waals surface area contributed by atoms with E-state index in [4.69, 9.17) is 9.25 Å². The number of rotatable bonds is 3. The molecule has 0 radical (unpaired) electrons. The van der Waals surface area contributed by atoms with Crippen LogP contribution in [0.1, 0.15) is 28.4 Å². The Balaban J connectivity index is 1.89. The van der Waals surface area contributed by atoms with E-state index < -0.39 is 11.6 Å². The quantitative estimate of drug-likeness (QED) is 0.319. The lowest BCUT2D eigenvalue weighted by Crippen LogP contribution is -2.13.